The quantitative estimate of drug-likeness (QED) is 0.741. The number of nitrogens with one attached hydrogen (secondary N) is 2. The number of aryl methyl sites for hydroxylation is 2. The van der Waals surface area contributed by atoms with E-state index < -0.39 is 10.0 Å². The summed E-state index contributed by atoms with van der Waals surface area (Å²) in [6.07, 6.45) is 0. The molecule has 3 aromatic rings. The Labute approximate surface area is 140 Å². The lowest BCUT2D eigenvalue weighted by Gasteiger charge is -2.10. The maximum Gasteiger partial charge on any atom is 0.326 e. The Balaban J connectivity index is 1.79. The first-order valence-electron chi connectivity index (χ1n) is 7.63. The molecule has 3 rings (SSSR count). The van der Waals surface area contributed by atoms with Crippen molar-refractivity contribution in [2.24, 2.45) is 0 Å². The maximum atomic E-state index is 12.5. The largest absolute Gasteiger partial charge is 0.326 e. The fourth-order valence-electron chi connectivity index (χ4n) is 2.70. The molecule has 0 radical (unpaired) electrons. The van der Waals surface area contributed by atoms with Gasteiger partial charge in [-0.2, -0.15) is 0 Å². The monoisotopic (exact) mass is 345 g/mol. The SMILES string of the molecule is Cc1ccc(C)c(S(=O)(=O)NCCn2c(=O)[nH]c3ccccc32)c1. The summed E-state index contributed by atoms with van der Waals surface area (Å²) in [6, 6.07) is 12.6. The van der Waals surface area contributed by atoms with Gasteiger partial charge in [-0.3, -0.25) is 4.57 Å². The van der Waals surface area contributed by atoms with Crippen molar-refractivity contribution in [3.63, 3.8) is 0 Å². The topological polar surface area (TPSA) is 84.0 Å². The molecule has 2 aromatic carbocycles. The minimum atomic E-state index is -3.61. The Morgan fingerprint density at radius 3 is 2.67 bits per heavy atom. The molecule has 0 bridgehead atoms. The van der Waals surface area contributed by atoms with E-state index in [9.17, 15) is 13.2 Å². The van der Waals surface area contributed by atoms with Crippen LogP contribution in [0.4, 0.5) is 0 Å². The summed E-state index contributed by atoms with van der Waals surface area (Å²) < 4.78 is 29.1. The number of aromatic amines is 1. The van der Waals surface area contributed by atoms with E-state index in [2.05, 4.69) is 9.71 Å². The number of hydrogen-bond donors (Lipinski definition) is 2. The van der Waals surface area contributed by atoms with Crippen LogP contribution < -0.4 is 10.4 Å². The molecule has 0 spiro atoms. The van der Waals surface area contributed by atoms with Gasteiger partial charge in [0.1, 0.15) is 0 Å². The number of para-hydroxylation sites is 2. The van der Waals surface area contributed by atoms with E-state index in [-0.39, 0.29) is 23.7 Å². The highest BCUT2D eigenvalue weighted by Gasteiger charge is 2.16. The number of sulfonamides is 1. The molecule has 0 unspecified atom stereocenters. The molecular weight excluding hydrogens is 326 g/mol. The summed E-state index contributed by atoms with van der Waals surface area (Å²) >= 11 is 0. The summed E-state index contributed by atoms with van der Waals surface area (Å²) in [6.45, 7) is 4.01. The lowest BCUT2D eigenvalue weighted by molar-refractivity contribution is 0.572. The highest BCUT2D eigenvalue weighted by molar-refractivity contribution is 7.89. The second kappa shape index (κ2) is 6.26. The first-order valence-corrected chi connectivity index (χ1v) is 9.11. The van der Waals surface area contributed by atoms with Crippen LogP contribution in [0.1, 0.15) is 11.1 Å². The van der Waals surface area contributed by atoms with Crippen LogP contribution in [-0.2, 0) is 16.6 Å². The van der Waals surface area contributed by atoms with E-state index in [4.69, 9.17) is 0 Å². The van der Waals surface area contributed by atoms with E-state index in [1.807, 2.05) is 37.3 Å². The predicted molar refractivity (Wildman–Crippen MR) is 93.7 cm³/mol. The smallest absolute Gasteiger partial charge is 0.306 e. The number of aromatic nitrogens is 2. The molecule has 6 nitrogen and oxygen atoms in total. The molecule has 0 saturated carbocycles. The average Bonchev–Trinajstić information content (AvgIpc) is 2.85. The molecule has 0 fully saturated rings. The van der Waals surface area contributed by atoms with E-state index in [0.717, 1.165) is 16.6 Å². The van der Waals surface area contributed by atoms with Crippen LogP contribution in [0, 0.1) is 13.8 Å². The van der Waals surface area contributed by atoms with E-state index >= 15 is 0 Å². The number of rotatable bonds is 5. The van der Waals surface area contributed by atoms with Gasteiger partial charge < -0.3 is 4.98 Å². The number of H-pyrrole nitrogens is 1. The third kappa shape index (κ3) is 3.13. The fraction of sp³-hybridized carbons (Fsp3) is 0.235. The third-order valence-electron chi connectivity index (χ3n) is 3.94. The van der Waals surface area contributed by atoms with Gasteiger partial charge in [-0.05, 0) is 43.2 Å². The van der Waals surface area contributed by atoms with Gasteiger partial charge in [0.25, 0.3) is 0 Å². The average molecular weight is 345 g/mol. The van der Waals surface area contributed by atoms with E-state index in [0.29, 0.717) is 5.56 Å². The molecule has 0 aliphatic carbocycles. The highest BCUT2D eigenvalue weighted by atomic mass is 32.2. The van der Waals surface area contributed by atoms with Crippen molar-refractivity contribution in [1.29, 1.82) is 0 Å². The number of benzene rings is 2. The molecule has 0 saturated heterocycles. The zero-order chi connectivity index (χ0) is 17.3. The highest BCUT2D eigenvalue weighted by Crippen LogP contribution is 2.16. The summed E-state index contributed by atoms with van der Waals surface area (Å²) in [7, 11) is -3.61. The molecule has 7 heteroatoms. The van der Waals surface area contributed by atoms with E-state index in [1.165, 1.54) is 4.57 Å². The van der Waals surface area contributed by atoms with Gasteiger partial charge in [-0.25, -0.2) is 17.9 Å². The Bertz CT molecular complexity index is 1050. The predicted octanol–water partition coefficient (Wildman–Crippen LogP) is 1.92. The van der Waals surface area contributed by atoms with Crippen molar-refractivity contribution < 1.29 is 8.42 Å². The van der Waals surface area contributed by atoms with Crippen LogP contribution in [0.3, 0.4) is 0 Å². The second-order valence-electron chi connectivity index (χ2n) is 5.77. The molecule has 24 heavy (non-hydrogen) atoms. The van der Waals surface area contributed by atoms with Crippen LogP contribution in [0.2, 0.25) is 0 Å². The Morgan fingerprint density at radius 2 is 1.88 bits per heavy atom. The minimum Gasteiger partial charge on any atom is -0.306 e. The van der Waals surface area contributed by atoms with Crippen LogP contribution in [0.5, 0.6) is 0 Å². The summed E-state index contributed by atoms with van der Waals surface area (Å²) in [5.41, 5.74) is 2.82. The second-order valence-corrected chi connectivity index (χ2v) is 7.50. The van der Waals surface area contributed by atoms with Crippen molar-refractivity contribution in [2.45, 2.75) is 25.3 Å². The lowest BCUT2D eigenvalue weighted by atomic mass is 10.2. The number of fused-ring (bicyclic) bond motifs is 1. The molecule has 1 aromatic heterocycles. The van der Waals surface area contributed by atoms with Gasteiger partial charge in [0.2, 0.25) is 10.0 Å². The van der Waals surface area contributed by atoms with Gasteiger partial charge in [-0.15, -0.1) is 0 Å². The minimum absolute atomic E-state index is 0.136. The van der Waals surface area contributed by atoms with Crippen LogP contribution in [-0.4, -0.2) is 24.5 Å². The van der Waals surface area contributed by atoms with Gasteiger partial charge in [0.05, 0.1) is 15.9 Å². The standard InChI is InChI=1S/C17H19N3O3S/c1-12-7-8-13(2)16(11-12)24(22,23)18-9-10-20-15-6-4-3-5-14(15)19-17(20)21/h3-8,11,18H,9-10H2,1-2H3,(H,19,21). The molecule has 126 valence electrons. The summed E-state index contributed by atoms with van der Waals surface area (Å²) in [5.74, 6) is 0. The molecule has 2 N–H and O–H groups in total. The fourth-order valence-corrected chi connectivity index (χ4v) is 4.04. The molecule has 0 atom stereocenters. The van der Waals surface area contributed by atoms with Crippen LogP contribution >= 0.6 is 0 Å². The molecule has 0 amide bonds. The first kappa shape index (κ1) is 16.5. The Hall–Kier alpha value is -2.38. The van der Waals surface area contributed by atoms with E-state index in [1.54, 1.807) is 19.1 Å². The lowest BCUT2D eigenvalue weighted by Crippen LogP contribution is -2.30. The molecule has 0 aliphatic rings. The first-order chi connectivity index (χ1) is 11.4. The molecule has 0 aliphatic heterocycles. The van der Waals surface area contributed by atoms with Crippen molar-refractivity contribution in [2.75, 3.05) is 6.54 Å². The number of imidazole rings is 1. The van der Waals surface area contributed by atoms with Gasteiger partial charge in [0.15, 0.2) is 0 Å². The number of hydrogen-bond acceptors (Lipinski definition) is 3. The number of nitrogens with zero attached hydrogens (tertiary/aromatic N) is 1. The third-order valence-corrected chi connectivity index (χ3v) is 5.55. The van der Waals surface area contributed by atoms with Crippen LogP contribution in [0.15, 0.2) is 52.2 Å². The Morgan fingerprint density at radius 1 is 1.12 bits per heavy atom. The van der Waals surface area contributed by atoms with Gasteiger partial charge >= 0.3 is 5.69 Å². The zero-order valence-electron chi connectivity index (χ0n) is 13.5. The normalized spacial score (nSPS) is 11.9. The maximum absolute atomic E-state index is 12.5. The Kier molecular flexibility index (Phi) is 4.29. The molecular formula is C17H19N3O3S. The van der Waals surface area contributed by atoms with Crippen LogP contribution in [0.25, 0.3) is 11.0 Å². The summed E-state index contributed by atoms with van der Waals surface area (Å²) in [5, 5.41) is 0. The molecule has 1 heterocycles. The van der Waals surface area contributed by atoms with Crippen molar-refractivity contribution >= 4 is 21.1 Å². The summed E-state index contributed by atoms with van der Waals surface area (Å²) in [4.78, 5) is 15.0. The van der Waals surface area contributed by atoms with Gasteiger partial charge in [0, 0.05) is 13.1 Å². The van der Waals surface area contributed by atoms with Gasteiger partial charge in [-0.1, -0.05) is 24.3 Å². The van der Waals surface area contributed by atoms with Crippen molar-refractivity contribution in [3.8, 4) is 0 Å². The van der Waals surface area contributed by atoms with Crippen molar-refractivity contribution in [3.05, 3.63) is 64.1 Å². The zero-order valence-corrected chi connectivity index (χ0v) is 14.4. The van der Waals surface area contributed by atoms with Crippen molar-refractivity contribution in [1.82, 2.24) is 14.3 Å².